The number of ether oxygens (including phenoxy) is 4. The Kier molecular flexibility index (Phi) is 7.06. The predicted molar refractivity (Wildman–Crippen MR) is 104 cm³/mol. The lowest BCUT2D eigenvalue weighted by atomic mass is 9.99. The van der Waals surface area contributed by atoms with Gasteiger partial charge < -0.3 is 34.3 Å². The van der Waals surface area contributed by atoms with Crippen molar-refractivity contribution in [1.29, 1.82) is 0 Å². The Morgan fingerprint density at radius 1 is 1.00 bits per heavy atom. The van der Waals surface area contributed by atoms with Crippen LogP contribution in [-0.4, -0.2) is 57.9 Å². The Bertz CT molecular complexity index is 774. The normalized spacial score (nSPS) is 27.1. The molecule has 1 aliphatic rings. The molecule has 0 saturated carbocycles. The zero-order valence-electron chi connectivity index (χ0n) is 14.6. The molecule has 1 saturated heterocycles. The molecule has 0 aliphatic carbocycles. The SMILES string of the molecule is OC[C@H]1O[C@@H](Oc2ccc(Cl)cc2)[C@H](O)[C@@H](OC(=S)Oc2ccccc2)[C@H]1O. The van der Waals surface area contributed by atoms with E-state index in [4.69, 9.17) is 42.8 Å². The number of hydrogen-bond donors (Lipinski definition) is 3. The molecule has 0 aromatic heterocycles. The average molecular weight is 427 g/mol. The quantitative estimate of drug-likeness (QED) is 0.624. The summed E-state index contributed by atoms with van der Waals surface area (Å²) in [7, 11) is 0. The molecule has 9 heteroatoms. The van der Waals surface area contributed by atoms with Gasteiger partial charge in [-0.15, -0.1) is 0 Å². The number of halogens is 1. The van der Waals surface area contributed by atoms with Gasteiger partial charge in [0.15, 0.2) is 12.2 Å². The monoisotopic (exact) mass is 426 g/mol. The second-order valence-corrected chi connectivity index (χ2v) is 6.80. The predicted octanol–water partition coefficient (Wildman–Crippen LogP) is 1.91. The van der Waals surface area contributed by atoms with Crippen LogP contribution in [0.5, 0.6) is 11.5 Å². The highest BCUT2D eigenvalue weighted by molar-refractivity contribution is 7.79. The van der Waals surface area contributed by atoms with E-state index in [9.17, 15) is 15.3 Å². The van der Waals surface area contributed by atoms with Crippen molar-refractivity contribution in [3.63, 3.8) is 0 Å². The van der Waals surface area contributed by atoms with Crippen LogP contribution in [0.4, 0.5) is 0 Å². The zero-order valence-corrected chi connectivity index (χ0v) is 16.1. The van der Waals surface area contributed by atoms with Crippen molar-refractivity contribution in [2.24, 2.45) is 0 Å². The maximum atomic E-state index is 10.6. The van der Waals surface area contributed by atoms with Gasteiger partial charge >= 0.3 is 5.24 Å². The topological polar surface area (TPSA) is 97.6 Å². The summed E-state index contributed by atoms with van der Waals surface area (Å²) in [6.07, 6.45) is -6.27. The number of thiocarbonyl (C=S) groups is 1. The minimum atomic E-state index is -1.41. The molecular formula is C19H19ClO7S. The van der Waals surface area contributed by atoms with Crippen LogP contribution in [0.25, 0.3) is 0 Å². The summed E-state index contributed by atoms with van der Waals surface area (Å²) in [5.41, 5.74) is 0. The molecule has 1 fully saturated rings. The van der Waals surface area contributed by atoms with E-state index in [2.05, 4.69) is 0 Å². The molecule has 28 heavy (non-hydrogen) atoms. The van der Waals surface area contributed by atoms with Crippen LogP contribution in [0.15, 0.2) is 54.6 Å². The molecule has 2 aromatic rings. The van der Waals surface area contributed by atoms with Crippen LogP contribution < -0.4 is 9.47 Å². The number of para-hydroxylation sites is 1. The fourth-order valence-electron chi connectivity index (χ4n) is 2.66. The summed E-state index contributed by atoms with van der Waals surface area (Å²) in [6.45, 7) is -0.513. The highest BCUT2D eigenvalue weighted by Gasteiger charge is 2.47. The van der Waals surface area contributed by atoms with Crippen LogP contribution in [0, 0.1) is 0 Å². The molecule has 3 N–H and O–H groups in total. The van der Waals surface area contributed by atoms with E-state index >= 15 is 0 Å². The molecule has 0 radical (unpaired) electrons. The second-order valence-electron chi connectivity index (χ2n) is 6.03. The highest BCUT2D eigenvalue weighted by atomic mass is 35.5. The van der Waals surface area contributed by atoms with Crippen LogP contribution in [-0.2, 0) is 9.47 Å². The first-order valence-corrected chi connectivity index (χ1v) is 9.24. The Balaban J connectivity index is 1.70. The smallest absolute Gasteiger partial charge is 0.358 e. The minimum absolute atomic E-state index is 0.293. The van der Waals surface area contributed by atoms with Crippen molar-refractivity contribution in [2.45, 2.75) is 30.7 Å². The number of aliphatic hydroxyl groups excluding tert-OH is 3. The maximum absolute atomic E-state index is 10.6. The third kappa shape index (κ3) is 5.11. The van der Waals surface area contributed by atoms with E-state index in [0.29, 0.717) is 16.5 Å². The lowest BCUT2D eigenvalue weighted by Crippen LogP contribution is -2.61. The summed E-state index contributed by atoms with van der Waals surface area (Å²) >= 11 is 10.9. The van der Waals surface area contributed by atoms with Crippen LogP contribution in [0.3, 0.4) is 0 Å². The number of benzene rings is 2. The molecule has 0 unspecified atom stereocenters. The molecular weight excluding hydrogens is 408 g/mol. The van der Waals surface area contributed by atoms with Crippen molar-refractivity contribution in [3.8, 4) is 11.5 Å². The van der Waals surface area contributed by atoms with Gasteiger partial charge in [-0.3, -0.25) is 0 Å². The molecule has 1 aliphatic heterocycles. The number of rotatable bonds is 5. The van der Waals surface area contributed by atoms with Crippen molar-refractivity contribution in [1.82, 2.24) is 0 Å². The van der Waals surface area contributed by atoms with Gasteiger partial charge in [0.1, 0.15) is 23.7 Å². The van der Waals surface area contributed by atoms with Gasteiger partial charge in [0, 0.05) is 17.2 Å². The maximum Gasteiger partial charge on any atom is 0.358 e. The second kappa shape index (κ2) is 9.51. The zero-order chi connectivity index (χ0) is 20.1. The fourth-order valence-corrected chi connectivity index (χ4v) is 2.99. The summed E-state index contributed by atoms with van der Waals surface area (Å²) < 4.78 is 21.9. The van der Waals surface area contributed by atoms with Crippen LogP contribution >= 0.6 is 23.8 Å². The van der Waals surface area contributed by atoms with Gasteiger partial charge in [0.05, 0.1) is 6.61 Å². The Labute approximate surface area is 172 Å². The minimum Gasteiger partial charge on any atom is -0.462 e. The van der Waals surface area contributed by atoms with Crippen molar-refractivity contribution < 1.29 is 34.3 Å². The van der Waals surface area contributed by atoms with Crippen molar-refractivity contribution in [3.05, 3.63) is 59.6 Å². The van der Waals surface area contributed by atoms with Crippen molar-refractivity contribution in [2.75, 3.05) is 6.61 Å². The molecule has 5 atom stereocenters. The van der Waals surface area contributed by atoms with E-state index < -0.39 is 37.3 Å². The molecule has 0 amide bonds. The fraction of sp³-hybridized carbons (Fsp3) is 0.316. The Morgan fingerprint density at radius 2 is 1.68 bits per heavy atom. The average Bonchev–Trinajstić information content (AvgIpc) is 2.69. The van der Waals surface area contributed by atoms with E-state index in [0.717, 1.165) is 0 Å². The lowest BCUT2D eigenvalue weighted by Gasteiger charge is -2.41. The van der Waals surface area contributed by atoms with Crippen LogP contribution in [0.1, 0.15) is 0 Å². The summed E-state index contributed by atoms with van der Waals surface area (Å²) in [6, 6.07) is 15.1. The Hall–Kier alpha value is -1.94. The van der Waals surface area contributed by atoms with Gasteiger partial charge in [-0.2, -0.15) is 0 Å². The van der Waals surface area contributed by atoms with Gasteiger partial charge in [0.2, 0.25) is 6.29 Å². The van der Waals surface area contributed by atoms with Crippen molar-refractivity contribution >= 4 is 29.1 Å². The number of aliphatic hydroxyl groups is 3. The van der Waals surface area contributed by atoms with E-state index in [1.54, 1.807) is 48.5 Å². The molecule has 1 heterocycles. The van der Waals surface area contributed by atoms with Crippen LogP contribution in [0.2, 0.25) is 5.02 Å². The van der Waals surface area contributed by atoms with Gasteiger partial charge in [0.25, 0.3) is 0 Å². The first-order valence-electron chi connectivity index (χ1n) is 8.46. The molecule has 2 aromatic carbocycles. The molecule has 0 bridgehead atoms. The third-order valence-corrected chi connectivity index (χ3v) is 4.50. The van der Waals surface area contributed by atoms with Gasteiger partial charge in [-0.25, -0.2) is 0 Å². The number of hydrogen-bond acceptors (Lipinski definition) is 8. The standard InChI is InChI=1S/C19H19ClO7S/c20-11-6-8-13(9-7-11)24-18-16(23)17(15(22)14(10-21)26-18)27-19(28)25-12-4-2-1-3-5-12/h1-9,14-18,21-23H,10H2/t14-,15+,16-,17+,18-/m1/s1. The lowest BCUT2D eigenvalue weighted by molar-refractivity contribution is -0.275. The Morgan fingerprint density at radius 3 is 2.32 bits per heavy atom. The summed E-state index contributed by atoms with van der Waals surface area (Å²) in [5.74, 6) is 0.819. The summed E-state index contributed by atoms with van der Waals surface area (Å²) in [4.78, 5) is 0. The molecule has 0 spiro atoms. The molecule has 150 valence electrons. The largest absolute Gasteiger partial charge is 0.462 e. The van der Waals surface area contributed by atoms with Gasteiger partial charge in [-0.1, -0.05) is 29.8 Å². The van der Waals surface area contributed by atoms with E-state index in [1.165, 1.54) is 0 Å². The third-order valence-electron chi connectivity index (χ3n) is 4.06. The van der Waals surface area contributed by atoms with Gasteiger partial charge in [-0.05, 0) is 36.4 Å². The highest BCUT2D eigenvalue weighted by Crippen LogP contribution is 2.27. The molecule has 3 rings (SSSR count). The van der Waals surface area contributed by atoms with E-state index in [-0.39, 0.29) is 5.24 Å². The first-order chi connectivity index (χ1) is 13.5. The first kappa shape index (κ1) is 20.8. The van der Waals surface area contributed by atoms with E-state index in [1.807, 2.05) is 6.07 Å². The summed E-state index contributed by atoms with van der Waals surface area (Å²) in [5, 5.41) is 30.7. The molecule has 7 nitrogen and oxygen atoms in total.